The Hall–Kier alpha value is -1.40. The van der Waals surface area contributed by atoms with Gasteiger partial charge in [-0.1, -0.05) is 25.8 Å². The van der Waals surface area contributed by atoms with Crippen LogP contribution < -0.4 is 0 Å². The lowest BCUT2D eigenvalue weighted by molar-refractivity contribution is -0.246. The van der Waals surface area contributed by atoms with Gasteiger partial charge >= 0.3 is 11.9 Å². The van der Waals surface area contributed by atoms with Gasteiger partial charge in [-0.15, -0.1) is 0 Å². The zero-order valence-corrected chi connectivity index (χ0v) is 18.5. The van der Waals surface area contributed by atoms with E-state index in [0.29, 0.717) is 23.8 Å². The average molecular weight is 421 g/mol. The van der Waals surface area contributed by atoms with Crippen molar-refractivity contribution < 1.29 is 28.5 Å². The maximum Gasteiger partial charge on any atom is 0.337 e. The molecule has 3 unspecified atom stereocenters. The Balaban J connectivity index is 1.33. The van der Waals surface area contributed by atoms with Crippen molar-refractivity contribution in [1.82, 2.24) is 0 Å². The van der Waals surface area contributed by atoms with Crippen LogP contribution in [-0.2, 0) is 28.5 Å². The lowest BCUT2D eigenvalue weighted by atomic mass is 9.52. The Labute approximate surface area is 179 Å². The van der Waals surface area contributed by atoms with E-state index in [9.17, 15) is 9.59 Å². The first-order valence-corrected chi connectivity index (χ1v) is 11.6. The van der Waals surface area contributed by atoms with Gasteiger partial charge in [0.05, 0.1) is 11.7 Å². The monoisotopic (exact) mass is 420 g/mol. The number of hydrogen-bond acceptors (Lipinski definition) is 6. The van der Waals surface area contributed by atoms with Gasteiger partial charge < -0.3 is 18.9 Å². The Morgan fingerprint density at radius 1 is 1.03 bits per heavy atom. The maximum atomic E-state index is 12.5. The van der Waals surface area contributed by atoms with Crippen LogP contribution in [0.15, 0.2) is 12.2 Å². The molecule has 5 saturated carbocycles. The van der Waals surface area contributed by atoms with Crippen LogP contribution in [0.4, 0.5) is 0 Å². The molecule has 0 N–H and O–H groups in total. The summed E-state index contributed by atoms with van der Waals surface area (Å²) in [4.78, 5) is 24.8. The highest BCUT2D eigenvalue weighted by atomic mass is 16.7. The van der Waals surface area contributed by atoms with Crippen molar-refractivity contribution >= 4 is 11.9 Å². The molecule has 0 aliphatic heterocycles. The number of carbonyl (C=O) groups excluding carboxylic acids is 2. The molecule has 6 nitrogen and oxygen atoms in total. The number of esters is 2. The lowest BCUT2D eigenvalue weighted by Crippen LogP contribution is -2.62. The molecule has 5 rings (SSSR count). The number of carbonyl (C=O) groups is 2. The molecule has 5 aliphatic carbocycles. The van der Waals surface area contributed by atoms with E-state index in [-0.39, 0.29) is 24.8 Å². The van der Waals surface area contributed by atoms with Crippen molar-refractivity contribution in [1.29, 1.82) is 0 Å². The van der Waals surface area contributed by atoms with Crippen LogP contribution in [0.25, 0.3) is 0 Å². The van der Waals surface area contributed by atoms with E-state index in [0.717, 1.165) is 44.9 Å². The predicted molar refractivity (Wildman–Crippen MR) is 111 cm³/mol. The first kappa shape index (κ1) is 21.8. The van der Waals surface area contributed by atoms with Crippen molar-refractivity contribution in [2.45, 2.75) is 108 Å². The van der Waals surface area contributed by atoms with Crippen LogP contribution in [0.3, 0.4) is 0 Å². The predicted octanol–water partition coefficient (Wildman–Crippen LogP) is 4.45. The summed E-state index contributed by atoms with van der Waals surface area (Å²) >= 11 is 0. The quantitative estimate of drug-likeness (QED) is 0.328. The third kappa shape index (κ3) is 4.75. The highest BCUT2D eigenvalue weighted by Gasteiger charge is 2.61. The standard InChI is InChI=1S/C24H36O6/c1-16(2)21(25)30-24-12-18-9-19(13-24)11-23(10-18,14-24)29-17(3)22(26)28-15-27-20-7-5-4-6-8-20/h17-20H,1,4-15H2,2-3H3. The fourth-order valence-corrected chi connectivity index (χ4v) is 6.60. The summed E-state index contributed by atoms with van der Waals surface area (Å²) in [5, 5.41) is 0. The molecule has 6 heteroatoms. The van der Waals surface area contributed by atoms with Crippen LogP contribution in [0.5, 0.6) is 0 Å². The van der Waals surface area contributed by atoms with E-state index in [1.165, 1.54) is 19.3 Å². The first-order valence-electron chi connectivity index (χ1n) is 11.6. The molecule has 30 heavy (non-hydrogen) atoms. The number of hydrogen-bond donors (Lipinski definition) is 0. The van der Waals surface area contributed by atoms with Crippen molar-refractivity contribution in [3.05, 3.63) is 12.2 Å². The van der Waals surface area contributed by atoms with Gasteiger partial charge in [0, 0.05) is 12.0 Å². The van der Waals surface area contributed by atoms with Gasteiger partial charge in [0.1, 0.15) is 5.60 Å². The van der Waals surface area contributed by atoms with E-state index in [1.807, 2.05) is 0 Å². The van der Waals surface area contributed by atoms with Gasteiger partial charge in [0.25, 0.3) is 0 Å². The van der Waals surface area contributed by atoms with Gasteiger partial charge in [-0.05, 0) is 70.6 Å². The highest BCUT2D eigenvalue weighted by Crippen LogP contribution is 2.60. The number of ether oxygens (including phenoxy) is 4. The summed E-state index contributed by atoms with van der Waals surface area (Å²) in [6.45, 7) is 7.16. The molecular weight excluding hydrogens is 384 g/mol. The summed E-state index contributed by atoms with van der Waals surface area (Å²) in [6.07, 6.45) is 10.7. The van der Waals surface area contributed by atoms with Crippen molar-refractivity contribution in [2.75, 3.05) is 6.79 Å². The van der Waals surface area contributed by atoms with Crippen LogP contribution in [-0.4, -0.2) is 42.1 Å². The molecule has 168 valence electrons. The van der Waals surface area contributed by atoms with Crippen LogP contribution in [0.2, 0.25) is 0 Å². The SMILES string of the molecule is C=C(C)C(=O)OC12CC3CC(C1)CC(OC(C)C(=O)OCOC1CCCCC1)(C3)C2. The lowest BCUT2D eigenvalue weighted by Gasteiger charge is -2.61. The average Bonchev–Trinajstić information content (AvgIpc) is 2.66. The highest BCUT2D eigenvalue weighted by molar-refractivity contribution is 5.87. The van der Waals surface area contributed by atoms with E-state index in [4.69, 9.17) is 18.9 Å². The van der Waals surface area contributed by atoms with Crippen molar-refractivity contribution in [3.8, 4) is 0 Å². The Bertz CT molecular complexity index is 665. The van der Waals surface area contributed by atoms with Gasteiger partial charge in [0.2, 0.25) is 0 Å². The van der Waals surface area contributed by atoms with Gasteiger partial charge in [-0.3, -0.25) is 0 Å². The third-order valence-corrected chi connectivity index (χ3v) is 7.43. The molecule has 0 aromatic carbocycles. The van der Waals surface area contributed by atoms with Gasteiger partial charge in [-0.25, -0.2) is 9.59 Å². The summed E-state index contributed by atoms with van der Waals surface area (Å²) in [5.74, 6) is 0.248. The Kier molecular flexibility index (Phi) is 6.27. The Morgan fingerprint density at radius 3 is 2.30 bits per heavy atom. The van der Waals surface area contributed by atoms with E-state index in [1.54, 1.807) is 13.8 Å². The van der Waals surface area contributed by atoms with E-state index < -0.39 is 17.3 Å². The van der Waals surface area contributed by atoms with E-state index in [2.05, 4.69) is 6.58 Å². The second kappa shape index (κ2) is 8.62. The molecule has 0 saturated heterocycles. The summed E-state index contributed by atoms with van der Waals surface area (Å²) < 4.78 is 23.4. The zero-order valence-electron chi connectivity index (χ0n) is 18.5. The Morgan fingerprint density at radius 2 is 1.67 bits per heavy atom. The summed E-state index contributed by atoms with van der Waals surface area (Å²) in [6, 6.07) is 0. The summed E-state index contributed by atoms with van der Waals surface area (Å²) in [7, 11) is 0. The molecule has 0 aromatic rings. The minimum atomic E-state index is -0.662. The maximum absolute atomic E-state index is 12.5. The molecule has 0 radical (unpaired) electrons. The fraction of sp³-hybridized carbons (Fsp3) is 0.833. The minimum absolute atomic E-state index is 0.00435. The molecule has 5 aliphatic rings. The molecule has 0 amide bonds. The molecular formula is C24H36O6. The third-order valence-electron chi connectivity index (χ3n) is 7.43. The fourth-order valence-electron chi connectivity index (χ4n) is 6.60. The smallest absolute Gasteiger partial charge is 0.337 e. The summed E-state index contributed by atoms with van der Waals surface area (Å²) in [5.41, 5.74) is -0.466. The van der Waals surface area contributed by atoms with E-state index >= 15 is 0 Å². The normalized spacial score (nSPS) is 36.3. The van der Waals surface area contributed by atoms with Crippen LogP contribution in [0, 0.1) is 11.8 Å². The molecule has 0 aromatic heterocycles. The second-order valence-electron chi connectivity index (χ2n) is 10.3. The van der Waals surface area contributed by atoms with Crippen LogP contribution in [0.1, 0.15) is 84.5 Å². The first-order chi connectivity index (χ1) is 14.3. The zero-order chi connectivity index (χ0) is 21.4. The largest absolute Gasteiger partial charge is 0.456 e. The molecule has 3 atom stereocenters. The molecule has 0 heterocycles. The van der Waals surface area contributed by atoms with Gasteiger partial charge in [0.15, 0.2) is 12.9 Å². The van der Waals surface area contributed by atoms with Crippen molar-refractivity contribution in [2.24, 2.45) is 11.8 Å². The van der Waals surface area contributed by atoms with Gasteiger partial charge in [-0.2, -0.15) is 0 Å². The van der Waals surface area contributed by atoms with Crippen molar-refractivity contribution in [3.63, 3.8) is 0 Å². The molecule has 5 fully saturated rings. The van der Waals surface area contributed by atoms with Crippen LogP contribution >= 0.6 is 0 Å². The molecule has 0 spiro atoms. The molecule has 4 bridgehead atoms. The topological polar surface area (TPSA) is 71.1 Å². The minimum Gasteiger partial charge on any atom is -0.456 e. The second-order valence-corrected chi connectivity index (χ2v) is 10.3. The number of rotatable bonds is 8.